The van der Waals surface area contributed by atoms with Gasteiger partial charge in [-0.3, -0.25) is 0 Å². The topological polar surface area (TPSA) is 9.23 Å². The van der Waals surface area contributed by atoms with Crippen molar-refractivity contribution in [2.24, 2.45) is 5.41 Å². The van der Waals surface area contributed by atoms with Crippen LogP contribution in [0.15, 0.2) is 0 Å². The lowest BCUT2D eigenvalue weighted by molar-refractivity contribution is 0.142. The van der Waals surface area contributed by atoms with E-state index in [1.165, 1.54) is 6.42 Å². The molecule has 0 amide bonds. The first-order valence-corrected chi connectivity index (χ1v) is 5.64. The van der Waals surface area contributed by atoms with Gasteiger partial charge < -0.3 is 4.74 Å². The molecule has 0 radical (unpaired) electrons. The number of rotatable bonds is 6. The summed E-state index contributed by atoms with van der Waals surface area (Å²) in [7, 11) is 0. The monoisotopic (exact) mass is 206 g/mol. The minimum Gasteiger partial charge on any atom is -0.382 e. The van der Waals surface area contributed by atoms with Gasteiger partial charge in [-0.1, -0.05) is 20.8 Å². The molecule has 0 aromatic heterocycles. The van der Waals surface area contributed by atoms with Crippen molar-refractivity contribution < 1.29 is 4.74 Å². The van der Waals surface area contributed by atoms with Crippen LogP contribution in [0.1, 0.15) is 47.0 Å². The predicted molar refractivity (Wildman–Crippen MR) is 59.4 cm³/mol. The standard InChI is InChI=1S/C11H23ClO/c1-5-13-9-7-6-8-10(12)11(2,3)4/h10H,5-9H2,1-4H3. The third-order valence-electron chi connectivity index (χ3n) is 2.14. The molecular weight excluding hydrogens is 184 g/mol. The maximum atomic E-state index is 6.23. The van der Waals surface area contributed by atoms with E-state index < -0.39 is 0 Å². The summed E-state index contributed by atoms with van der Waals surface area (Å²) >= 11 is 6.23. The van der Waals surface area contributed by atoms with Crippen molar-refractivity contribution in [3.05, 3.63) is 0 Å². The largest absolute Gasteiger partial charge is 0.382 e. The Hall–Kier alpha value is 0.250. The van der Waals surface area contributed by atoms with Crippen LogP contribution in [0.4, 0.5) is 0 Å². The van der Waals surface area contributed by atoms with Gasteiger partial charge >= 0.3 is 0 Å². The molecule has 13 heavy (non-hydrogen) atoms. The fourth-order valence-electron chi connectivity index (χ4n) is 1.11. The molecule has 80 valence electrons. The summed E-state index contributed by atoms with van der Waals surface area (Å²) in [6, 6.07) is 0. The molecule has 0 saturated carbocycles. The Kier molecular flexibility index (Phi) is 6.79. The molecule has 1 nitrogen and oxygen atoms in total. The van der Waals surface area contributed by atoms with E-state index in [0.717, 1.165) is 26.1 Å². The zero-order valence-electron chi connectivity index (χ0n) is 9.40. The van der Waals surface area contributed by atoms with Crippen LogP contribution in [0.5, 0.6) is 0 Å². The number of ether oxygens (including phenoxy) is 1. The summed E-state index contributed by atoms with van der Waals surface area (Å²) in [6.45, 7) is 10.3. The second-order valence-corrected chi connectivity index (χ2v) is 5.05. The van der Waals surface area contributed by atoms with Crippen molar-refractivity contribution >= 4 is 11.6 Å². The van der Waals surface area contributed by atoms with Crippen molar-refractivity contribution in [1.29, 1.82) is 0 Å². The first kappa shape index (κ1) is 13.2. The van der Waals surface area contributed by atoms with E-state index in [2.05, 4.69) is 20.8 Å². The van der Waals surface area contributed by atoms with Crippen molar-refractivity contribution in [2.45, 2.75) is 52.3 Å². The number of halogens is 1. The van der Waals surface area contributed by atoms with E-state index in [0.29, 0.717) is 0 Å². The maximum absolute atomic E-state index is 6.23. The second-order valence-electron chi connectivity index (χ2n) is 4.53. The van der Waals surface area contributed by atoms with Crippen LogP contribution in [0, 0.1) is 5.41 Å². The van der Waals surface area contributed by atoms with Gasteiger partial charge in [0.2, 0.25) is 0 Å². The smallest absolute Gasteiger partial charge is 0.0465 e. The first-order valence-electron chi connectivity index (χ1n) is 5.20. The third kappa shape index (κ3) is 7.33. The van der Waals surface area contributed by atoms with E-state index in [1.54, 1.807) is 0 Å². The Balaban J connectivity index is 3.32. The summed E-state index contributed by atoms with van der Waals surface area (Å²) in [4.78, 5) is 0. The molecule has 0 aliphatic carbocycles. The lowest BCUT2D eigenvalue weighted by Crippen LogP contribution is -2.20. The highest BCUT2D eigenvalue weighted by Crippen LogP contribution is 2.28. The third-order valence-corrected chi connectivity index (χ3v) is 3.01. The summed E-state index contributed by atoms with van der Waals surface area (Å²) in [5, 5.41) is 0.286. The number of hydrogen-bond acceptors (Lipinski definition) is 1. The van der Waals surface area contributed by atoms with Crippen LogP contribution >= 0.6 is 11.6 Å². The molecule has 0 N–H and O–H groups in total. The molecule has 0 fully saturated rings. The fourth-order valence-corrected chi connectivity index (χ4v) is 1.26. The summed E-state index contributed by atoms with van der Waals surface area (Å²) in [5.41, 5.74) is 0.229. The second kappa shape index (κ2) is 6.67. The number of alkyl halides is 1. The van der Waals surface area contributed by atoms with Gasteiger partial charge in [0.15, 0.2) is 0 Å². The van der Waals surface area contributed by atoms with Crippen LogP contribution in [0.25, 0.3) is 0 Å². The van der Waals surface area contributed by atoms with Gasteiger partial charge in [-0.2, -0.15) is 0 Å². The molecule has 0 aromatic carbocycles. The predicted octanol–water partition coefficient (Wildman–Crippen LogP) is 3.85. The molecule has 0 bridgehead atoms. The highest BCUT2D eigenvalue weighted by Gasteiger charge is 2.21. The van der Waals surface area contributed by atoms with Crippen LogP contribution in [0.2, 0.25) is 0 Å². The molecule has 0 rings (SSSR count). The molecule has 1 unspecified atom stereocenters. The molecule has 0 aliphatic rings. The molecule has 1 atom stereocenters. The lowest BCUT2D eigenvalue weighted by atomic mass is 9.89. The van der Waals surface area contributed by atoms with Crippen LogP contribution in [0.3, 0.4) is 0 Å². The molecule has 0 spiro atoms. The van der Waals surface area contributed by atoms with E-state index in [-0.39, 0.29) is 10.8 Å². The first-order chi connectivity index (χ1) is 5.98. The average Bonchev–Trinajstić information content (AvgIpc) is 2.02. The zero-order chi connectivity index (χ0) is 10.3. The number of hydrogen-bond donors (Lipinski definition) is 0. The Labute approximate surface area is 87.8 Å². The van der Waals surface area contributed by atoms with Crippen LogP contribution in [-0.4, -0.2) is 18.6 Å². The molecule has 2 heteroatoms. The van der Waals surface area contributed by atoms with Gasteiger partial charge in [0, 0.05) is 18.6 Å². The SMILES string of the molecule is CCOCCCCC(Cl)C(C)(C)C. The minimum absolute atomic E-state index is 0.229. The zero-order valence-corrected chi connectivity index (χ0v) is 10.2. The highest BCUT2D eigenvalue weighted by molar-refractivity contribution is 6.21. The van der Waals surface area contributed by atoms with Crippen molar-refractivity contribution in [3.63, 3.8) is 0 Å². The summed E-state index contributed by atoms with van der Waals surface area (Å²) < 4.78 is 5.26. The van der Waals surface area contributed by atoms with Crippen LogP contribution in [-0.2, 0) is 4.74 Å². The van der Waals surface area contributed by atoms with E-state index in [1.807, 2.05) is 6.92 Å². The van der Waals surface area contributed by atoms with Gasteiger partial charge in [-0.25, -0.2) is 0 Å². The summed E-state index contributed by atoms with van der Waals surface area (Å²) in [5.74, 6) is 0. The summed E-state index contributed by atoms with van der Waals surface area (Å²) in [6.07, 6.45) is 3.40. The van der Waals surface area contributed by atoms with Crippen molar-refractivity contribution in [3.8, 4) is 0 Å². The van der Waals surface area contributed by atoms with Crippen molar-refractivity contribution in [2.75, 3.05) is 13.2 Å². The number of unbranched alkanes of at least 4 members (excludes halogenated alkanes) is 1. The average molecular weight is 207 g/mol. The fraction of sp³-hybridized carbons (Fsp3) is 1.00. The highest BCUT2D eigenvalue weighted by atomic mass is 35.5. The Morgan fingerprint density at radius 1 is 1.23 bits per heavy atom. The van der Waals surface area contributed by atoms with Gasteiger partial charge in [0.25, 0.3) is 0 Å². The van der Waals surface area contributed by atoms with Gasteiger partial charge in [0.1, 0.15) is 0 Å². The molecule has 0 aromatic rings. The molecule has 0 heterocycles. The maximum Gasteiger partial charge on any atom is 0.0465 e. The van der Waals surface area contributed by atoms with Crippen LogP contribution < -0.4 is 0 Å². The molecule has 0 saturated heterocycles. The van der Waals surface area contributed by atoms with Gasteiger partial charge in [-0.15, -0.1) is 11.6 Å². The normalized spacial score (nSPS) is 14.5. The van der Waals surface area contributed by atoms with Gasteiger partial charge in [-0.05, 0) is 31.6 Å². The Bertz CT molecular complexity index is 118. The minimum atomic E-state index is 0.229. The van der Waals surface area contributed by atoms with Gasteiger partial charge in [0.05, 0.1) is 0 Å². The van der Waals surface area contributed by atoms with Crippen molar-refractivity contribution in [1.82, 2.24) is 0 Å². The lowest BCUT2D eigenvalue weighted by Gasteiger charge is -2.24. The molecular formula is C11H23ClO. The van der Waals surface area contributed by atoms with E-state index in [4.69, 9.17) is 16.3 Å². The Morgan fingerprint density at radius 3 is 2.31 bits per heavy atom. The van der Waals surface area contributed by atoms with E-state index in [9.17, 15) is 0 Å². The molecule has 0 aliphatic heterocycles. The van der Waals surface area contributed by atoms with E-state index >= 15 is 0 Å². The Morgan fingerprint density at radius 2 is 1.85 bits per heavy atom. The quantitative estimate of drug-likeness (QED) is 0.474.